The van der Waals surface area contributed by atoms with Gasteiger partial charge in [-0.2, -0.15) is 5.10 Å². The molecule has 4 rings (SSSR count). The van der Waals surface area contributed by atoms with E-state index in [0.717, 1.165) is 82.7 Å². The molecule has 1 aromatic rings. The Balaban J connectivity index is 1.24. The maximum absolute atomic E-state index is 12.4. The van der Waals surface area contributed by atoms with Gasteiger partial charge in [-0.05, 0) is 37.7 Å². The number of carbonyl (C=O) groups is 1. The number of piperazine rings is 1. The number of fused-ring (bicyclic) bond motifs is 1. The molecule has 1 aliphatic carbocycles. The molecule has 2 saturated heterocycles. The topological polar surface area (TPSA) is 67.7 Å². The van der Waals surface area contributed by atoms with Gasteiger partial charge in [0.1, 0.15) is 0 Å². The zero-order chi connectivity index (χ0) is 17.9. The average molecular weight is 360 g/mol. The highest BCUT2D eigenvalue weighted by molar-refractivity contribution is 5.76. The van der Waals surface area contributed by atoms with Crippen molar-refractivity contribution < 1.29 is 9.53 Å². The Morgan fingerprint density at radius 1 is 1.15 bits per heavy atom. The minimum absolute atomic E-state index is 0.0102. The standard InChI is InChI=1S/C19H28N4O3/c24-18(14-16-4-2-12-26-16)22-9-6-21(7-10-22)8-11-23-19(25)13-15-3-1-5-17(15)20-23/h13,16H,1-12,14H2. The van der Waals surface area contributed by atoms with E-state index in [2.05, 4.69) is 10.00 Å². The second kappa shape index (κ2) is 7.88. The van der Waals surface area contributed by atoms with Crippen molar-refractivity contribution in [3.05, 3.63) is 27.7 Å². The third kappa shape index (κ3) is 3.99. The van der Waals surface area contributed by atoms with Crippen molar-refractivity contribution >= 4 is 5.91 Å². The molecule has 0 spiro atoms. The third-order valence-corrected chi connectivity index (χ3v) is 5.80. The van der Waals surface area contributed by atoms with Gasteiger partial charge in [0.2, 0.25) is 5.91 Å². The summed E-state index contributed by atoms with van der Waals surface area (Å²) in [6.07, 6.45) is 5.80. The van der Waals surface area contributed by atoms with Gasteiger partial charge in [-0.1, -0.05) is 0 Å². The number of aryl methyl sites for hydroxylation is 2. The summed E-state index contributed by atoms with van der Waals surface area (Å²) in [5.41, 5.74) is 2.23. The summed E-state index contributed by atoms with van der Waals surface area (Å²) in [5, 5.41) is 4.54. The van der Waals surface area contributed by atoms with Gasteiger partial charge in [-0.15, -0.1) is 0 Å². The lowest BCUT2D eigenvalue weighted by Gasteiger charge is -2.35. The van der Waals surface area contributed by atoms with Gasteiger partial charge < -0.3 is 9.64 Å². The first-order valence-corrected chi connectivity index (χ1v) is 9.91. The van der Waals surface area contributed by atoms with E-state index >= 15 is 0 Å². The van der Waals surface area contributed by atoms with Gasteiger partial charge in [0, 0.05) is 45.4 Å². The molecule has 0 N–H and O–H groups in total. The number of carbonyl (C=O) groups excluding carboxylic acids is 1. The molecule has 1 aromatic heterocycles. The van der Waals surface area contributed by atoms with Crippen LogP contribution in [-0.2, 0) is 28.9 Å². The van der Waals surface area contributed by atoms with Crippen LogP contribution in [0.4, 0.5) is 0 Å². The summed E-state index contributed by atoms with van der Waals surface area (Å²) in [4.78, 5) is 28.8. The van der Waals surface area contributed by atoms with E-state index in [0.29, 0.717) is 13.0 Å². The number of amides is 1. The third-order valence-electron chi connectivity index (χ3n) is 5.80. The molecule has 1 unspecified atom stereocenters. The van der Waals surface area contributed by atoms with Crippen LogP contribution in [0.2, 0.25) is 0 Å². The first kappa shape index (κ1) is 17.7. The Bertz CT molecular complexity index is 703. The second-order valence-electron chi connectivity index (χ2n) is 7.59. The Hall–Kier alpha value is -1.73. The molecule has 7 nitrogen and oxygen atoms in total. The zero-order valence-corrected chi connectivity index (χ0v) is 15.4. The fraction of sp³-hybridized carbons (Fsp3) is 0.737. The lowest BCUT2D eigenvalue weighted by atomic mass is 10.1. The van der Waals surface area contributed by atoms with Gasteiger partial charge in [0.15, 0.2) is 0 Å². The van der Waals surface area contributed by atoms with Crippen LogP contribution < -0.4 is 5.56 Å². The van der Waals surface area contributed by atoms with E-state index in [-0.39, 0.29) is 17.6 Å². The van der Waals surface area contributed by atoms with Crippen molar-refractivity contribution in [2.75, 3.05) is 39.3 Å². The lowest BCUT2D eigenvalue weighted by Crippen LogP contribution is -2.50. The van der Waals surface area contributed by atoms with E-state index < -0.39 is 0 Å². The van der Waals surface area contributed by atoms with Gasteiger partial charge in [0.25, 0.3) is 5.56 Å². The van der Waals surface area contributed by atoms with E-state index in [1.807, 2.05) is 4.90 Å². The molecule has 3 heterocycles. The molecule has 2 fully saturated rings. The van der Waals surface area contributed by atoms with Crippen molar-refractivity contribution in [3.63, 3.8) is 0 Å². The summed E-state index contributed by atoms with van der Waals surface area (Å²) in [6, 6.07) is 1.76. The molecule has 1 atom stereocenters. The maximum atomic E-state index is 12.4. The molecule has 26 heavy (non-hydrogen) atoms. The normalized spacial score (nSPS) is 23.4. The molecule has 142 valence electrons. The number of nitrogens with zero attached hydrogens (tertiary/aromatic N) is 4. The van der Waals surface area contributed by atoms with Gasteiger partial charge in [0.05, 0.1) is 24.8 Å². The fourth-order valence-electron chi connectivity index (χ4n) is 4.19. The number of rotatable bonds is 5. The highest BCUT2D eigenvalue weighted by atomic mass is 16.5. The molecule has 7 heteroatoms. The smallest absolute Gasteiger partial charge is 0.267 e. The van der Waals surface area contributed by atoms with Crippen LogP contribution >= 0.6 is 0 Å². The van der Waals surface area contributed by atoms with Crippen molar-refractivity contribution in [1.82, 2.24) is 19.6 Å². The second-order valence-corrected chi connectivity index (χ2v) is 7.59. The van der Waals surface area contributed by atoms with Gasteiger partial charge in [-0.3, -0.25) is 14.5 Å². The Morgan fingerprint density at radius 2 is 2.00 bits per heavy atom. The van der Waals surface area contributed by atoms with Crippen LogP contribution in [0.25, 0.3) is 0 Å². The number of ether oxygens (including phenoxy) is 1. The maximum Gasteiger partial charge on any atom is 0.267 e. The molecular weight excluding hydrogens is 332 g/mol. The quantitative estimate of drug-likeness (QED) is 0.763. The SMILES string of the molecule is O=C(CC1CCCO1)N1CCN(CCn2nc3c(cc2=O)CCC3)CC1. The summed E-state index contributed by atoms with van der Waals surface area (Å²) in [5.74, 6) is 0.216. The largest absolute Gasteiger partial charge is 0.378 e. The van der Waals surface area contributed by atoms with Gasteiger partial charge in [-0.25, -0.2) is 4.68 Å². The Labute approximate surface area is 153 Å². The Kier molecular flexibility index (Phi) is 5.36. The monoisotopic (exact) mass is 360 g/mol. The van der Waals surface area contributed by atoms with Crippen molar-refractivity contribution in [2.45, 2.75) is 51.2 Å². The van der Waals surface area contributed by atoms with Crippen LogP contribution in [-0.4, -0.2) is 70.9 Å². The molecule has 0 bridgehead atoms. The summed E-state index contributed by atoms with van der Waals surface area (Å²) >= 11 is 0. The predicted molar refractivity (Wildman–Crippen MR) is 97.1 cm³/mol. The molecule has 0 saturated carbocycles. The minimum Gasteiger partial charge on any atom is -0.378 e. The van der Waals surface area contributed by atoms with Crippen molar-refractivity contribution in [2.24, 2.45) is 0 Å². The molecule has 0 aromatic carbocycles. The lowest BCUT2D eigenvalue weighted by molar-refractivity contribution is -0.135. The number of hydrogen-bond donors (Lipinski definition) is 0. The highest BCUT2D eigenvalue weighted by Gasteiger charge is 2.25. The summed E-state index contributed by atoms with van der Waals surface area (Å²) in [7, 11) is 0. The van der Waals surface area contributed by atoms with Crippen LogP contribution in [0.1, 0.15) is 36.9 Å². The molecule has 0 radical (unpaired) electrons. The minimum atomic E-state index is 0.0102. The number of hydrogen-bond acceptors (Lipinski definition) is 5. The zero-order valence-electron chi connectivity index (χ0n) is 15.4. The number of aromatic nitrogens is 2. The first-order valence-electron chi connectivity index (χ1n) is 9.91. The molecular formula is C19H28N4O3. The predicted octanol–water partition coefficient (Wildman–Crippen LogP) is 0.445. The van der Waals surface area contributed by atoms with E-state index in [1.165, 1.54) is 0 Å². The highest BCUT2D eigenvalue weighted by Crippen LogP contribution is 2.18. The molecule has 2 aliphatic heterocycles. The van der Waals surface area contributed by atoms with Crippen LogP contribution in [0.5, 0.6) is 0 Å². The summed E-state index contributed by atoms with van der Waals surface area (Å²) < 4.78 is 7.18. The molecule has 3 aliphatic rings. The average Bonchev–Trinajstić information content (AvgIpc) is 3.31. The van der Waals surface area contributed by atoms with Gasteiger partial charge >= 0.3 is 0 Å². The Morgan fingerprint density at radius 3 is 2.77 bits per heavy atom. The van der Waals surface area contributed by atoms with Crippen LogP contribution in [0, 0.1) is 0 Å². The van der Waals surface area contributed by atoms with Crippen molar-refractivity contribution in [1.29, 1.82) is 0 Å². The first-order chi connectivity index (χ1) is 12.7. The van der Waals surface area contributed by atoms with Crippen LogP contribution in [0.3, 0.4) is 0 Å². The van der Waals surface area contributed by atoms with Crippen LogP contribution in [0.15, 0.2) is 10.9 Å². The summed E-state index contributed by atoms with van der Waals surface area (Å²) in [6.45, 7) is 5.46. The molecule has 1 amide bonds. The van der Waals surface area contributed by atoms with Crippen molar-refractivity contribution in [3.8, 4) is 0 Å². The fourth-order valence-corrected chi connectivity index (χ4v) is 4.19. The van der Waals surface area contributed by atoms with E-state index in [9.17, 15) is 9.59 Å². The van der Waals surface area contributed by atoms with E-state index in [4.69, 9.17) is 4.74 Å². The van der Waals surface area contributed by atoms with E-state index in [1.54, 1.807) is 10.7 Å².